The molecule has 0 fully saturated rings. The SMILES string of the molecule is Cc1csc(CCN(C)C(=O)Cc2n[nH]c(=O)c3ccccc23)n1. The second kappa shape index (κ2) is 6.92. The Morgan fingerprint density at radius 2 is 2.04 bits per heavy atom. The van der Waals surface area contributed by atoms with Crippen LogP contribution in [-0.2, 0) is 17.6 Å². The summed E-state index contributed by atoms with van der Waals surface area (Å²) in [5.41, 5.74) is 1.36. The van der Waals surface area contributed by atoms with Gasteiger partial charge in [-0.3, -0.25) is 9.59 Å². The normalized spacial score (nSPS) is 10.9. The number of carbonyl (C=O) groups is 1. The number of hydrogen-bond acceptors (Lipinski definition) is 5. The van der Waals surface area contributed by atoms with Crippen molar-refractivity contribution >= 4 is 28.0 Å². The van der Waals surface area contributed by atoms with Gasteiger partial charge in [-0.05, 0) is 13.0 Å². The molecule has 1 amide bonds. The van der Waals surface area contributed by atoms with Crippen molar-refractivity contribution in [2.75, 3.05) is 13.6 Å². The van der Waals surface area contributed by atoms with Crippen LogP contribution < -0.4 is 5.56 Å². The zero-order valence-electron chi connectivity index (χ0n) is 13.6. The van der Waals surface area contributed by atoms with Gasteiger partial charge in [0.15, 0.2) is 0 Å². The Morgan fingerprint density at radius 3 is 2.75 bits per heavy atom. The molecule has 3 aromatic rings. The molecule has 0 aliphatic heterocycles. The van der Waals surface area contributed by atoms with Gasteiger partial charge in [-0.1, -0.05) is 18.2 Å². The number of thiazole rings is 1. The highest BCUT2D eigenvalue weighted by atomic mass is 32.1. The lowest BCUT2D eigenvalue weighted by molar-refractivity contribution is -0.129. The van der Waals surface area contributed by atoms with Crippen LogP contribution in [0.5, 0.6) is 0 Å². The third kappa shape index (κ3) is 3.51. The number of H-pyrrole nitrogens is 1. The highest BCUT2D eigenvalue weighted by molar-refractivity contribution is 7.09. The number of benzene rings is 1. The molecular weight excluding hydrogens is 324 g/mol. The van der Waals surface area contributed by atoms with E-state index in [0.29, 0.717) is 17.6 Å². The van der Waals surface area contributed by atoms with E-state index < -0.39 is 0 Å². The van der Waals surface area contributed by atoms with Crippen molar-refractivity contribution in [2.24, 2.45) is 0 Å². The minimum Gasteiger partial charge on any atom is -0.345 e. The Labute approximate surface area is 143 Å². The van der Waals surface area contributed by atoms with Gasteiger partial charge in [-0.15, -0.1) is 11.3 Å². The summed E-state index contributed by atoms with van der Waals surface area (Å²) in [6, 6.07) is 7.19. The molecule has 6 nitrogen and oxygen atoms in total. The first-order chi connectivity index (χ1) is 11.5. The van der Waals surface area contributed by atoms with E-state index in [9.17, 15) is 9.59 Å². The molecule has 0 saturated heterocycles. The van der Waals surface area contributed by atoms with E-state index in [1.165, 1.54) is 0 Å². The molecule has 0 unspecified atom stereocenters. The average molecular weight is 342 g/mol. The number of aromatic nitrogens is 3. The number of likely N-dealkylation sites (N-methyl/N-ethyl adjacent to an activating group) is 1. The molecule has 0 saturated carbocycles. The van der Waals surface area contributed by atoms with Crippen molar-refractivity contribution < 1.29 is 4.79 Å². The number of aryl methyl sites for hydroxylation is 1. The van der Waals surface area contributed by atoms with Crippen LogP contribution in [0.3, 0.4) is 0 Å². The lowest BCUT2D eigenvalue weighted by atomic mass is 10.1. The van der Waals surface area contributed by atoms with Crippen molar-refractivity contribution in [1.82, 2.24) is 20.1 Å². The van der Waals surface area contributed by atoms with Crippen LogP contribution in [0.4, 0.5) is 0 Å². The number of nitrogens with one attached hydrogen (secondary N) is 1. The Morgan fingerprint density at radius 1 is 1.29 bits per heavy atom. The maximum atomic E-state index is 12.4. The van der Waals surface area contributed by atoms with Crippen LogP contribution in [0, 0.1) is 6.92 Å². The Kier molecular flexibility index (Phi) is 4.71. The fourth-order valence-corrected chi connectivity index (χ4v) is 3.26. The molecule has 0 spiro atoms. The summed E-state index contributed by atoms with van der Waals surface area (Å²) >= 11 is 1.61. The van der Waals surface area contributed by atoms with Crippen molar-refractivity contribution in [3.8, 4) is 0 Å². The Balaban J connectivity index is 1.70. The van der Waals surface area contributed by atoms with E-state index in [1.807, 2.05) is 24.4 Å². The first kappa shape index (κ1) is 16.3. The van der Waals surface area contributed by atoms with Crippen molar-refractivity contribution in [3.05, 3.63) is 56.4 Å². The molecule has 7 heteroatoms. The van der Waals surface area contributed by atoms with Crippen molar-refractivity contribution in [1.29, 1.82) is 0 Å². The molecule has 0 radical (unpaired) electrons. The maximum Gasteiger partial charge on any atom is 0.272 e. The molecule has 0 atom stereocenters. The minimum absolute atomic E-state index is 0.0343. The van der Waals surface area contributed by atoms with Gasteiger partial charge in [-0.25, -0.2) is 10.1 Å². The highest BCUT2D eigenvalue weighted by Gasteiger charge is 2.14. The Bertz CT molecular complexity index is 931. The third-order valence-electron chi connectivity index (χ3n) is 3.85. The Hall–Kier alpha value is -2.54. The molecule has 0 aliphatic rings. The van der Waals surface area contributed by atoms with Crippen LogP contribution in [0.15, 0.2) is 34.4 Å². The lowest BCUT2D eigenvalue weighted by Gasteiger charge is -2.16. The van der Waals surface area contributed by atoms with Gasteiger partial charge in [0.05, 0.1) is 22.5 Å². The molecule has 0 bridgehead atoms. The minimum atomic E-state index is -0.241. The fourth-order valence-electron chi connectivity index (χ4n) is 2.49. The van der Waals surface area contributed by atoms with Gasteiger partial charge < -0.3 is 4.90 Å². The monoisotopic (exact) mass is 342 g/mol. The summed E-state index contributed by atoms with van der Waals surface area (Å²) in [6.07, 6.45) is 0.894. The highest BCUT2D eigenvalue weighted by Crippen LogP contribution is 2.14. The lowest BCUT2D eigenvalue weighted by Crippen LogP contribution is -2.30. The second-order valence-corrected chi connectivity index (χ2v) is 6.61. The number of aromatic amines is 1. The number of rotatable bonds is 5. The van der Waals surface area contributed by atoms with Crippen molar-refractivity contribution in [3.63, 3.8) is 0 Å². The molecule has 1 N–H and O–H groups in total. The molecule has 3 rings (SSSR count). The van der Waals surface area contributed by atoms with E-state index in [4.69, 9.17) is 0 Å². The van der Waals surface area contributed by atoms with E-state index in [1.54, 1.807) is 35.4 Å². The first-order valence-electron chi connectivity index (χ1n) is 7.66. The van der Waals surface area contributed by atoms with Crippen LogP contribution in [0.1, 0.15) is 16.4 Å². The zero-order chi connectivity index (χ0) is 17.1. The molecular formula is C17H18N4O2S. The van der Waals surface area contributed by atoms with E-state index >= 15 is 0 Å². The number of carbonyl (C=O) groups excluding carboxylic acids is 1. The first-order valence-corrected chi connectivity index (χ1v) is 8.54. The molecule has 24 heavy (non-hydrogen) atoms. The predicted octanol–water partition coefficient (Wildman–Crippen LogP) is 1.93. The summed E-state index contributed by atoms with van der Waals surface area (Å²) in [6.45, 7) is 2.56. The zero-order valence-corrected chi connectivity index (χ0v) is 14.4. The molecule has 1 aromatic carbocycles. The third-order valence-corrected chi connectivity index (χ3v) is 4.87. The van der Waals surface area contributed by atoms with Crippen LogP contribution in [0.25, 0.3) is 10.8 Å². The van der Waals surface area contributed by atoms with Crippen LogP contribution >= 0.6 is 11.3 Å². The summed E-state index contributed by atoms with van der Waals surface area (Å²) in [7, 11) is 1.77. The van der Waals surface area contributed by atoms with Gasteiger partial charge in [0.1, 0.15) is 0 Å². The fraction of sp³-hybridized carbons (Fsp3) is 0.294. The molecule has 2 aromatic heterocycles. The van der Waals surface area contributed by atoms with Crippen LogP contribution in [-0.4, -0.2) is 39.6 Å². The molecule has 0 aliphatic carbocycles. The van der Waals surface area contributed by atoms with Crippen LogP contribution in [0.2, 0.25) is 0 Å². The maximum absolute atomic E-state index is 12.4. The summed E-state index contributed by atoms with van der Waals surface area (Å²) < 4.78 is 0. The summed E-state index contributed by atoms with van der Waals surface area (Å²) in [5.74, 6) is -0.0343. The molecule has 124 valence electrons. The number of nitrogens with zero attached hydrogens (tertiary/aromatic N) is 3. The molecule has 2 heterocycles. The smallest absolute Gasteiger partial charge is 0.272 e. The number of amides is 1. The van der Waals surface area contributed by atoms with Gasteiger partial charge in [0.25, 0.3) is 5.56 Å². The van der Waals surface area contributed by atoms with E-state index in [2.05, 4.69) is 15.2 Å². The number of hydrogen-bond donors (Lipinski definition) is 1. The predicted molar refractivity (Wildman–Crippen MR) is 94.3 cm³/mol. The topological polar surface area (TPSA) is 79.0 Å². The van der Waals surface area contributed by atoms with Gasteiger partial charge in [0, 0.05) is 36.5 Å². The van der Waals surface area contributed by atoms with Gasteiger partial charge in [0.2, 0.25) is 5.91 Å². The summed E-state index contributed by atoms with van der Waals surface area (Å²) in [5, 5.41) is 10.8. The van der Waals surface area contributed by atoms with E-state index in [0.717, 1.165) is 22.5 Å². The standard InChI is InChI=1S/C17H18N4O2S/c1-11-10-24-15(18-11)7-8-21(2)16(22)9-14-12-5-3-4-6-13(12)17(23)20-19-14/h3-6,10H,7-9H2,1-2H3,(H,20,23). The second-order valence-electron chi connectivity index (χ2n) is 5.67. The number of fused-ring (bicyclic) bond motifs is 1. The quantitative estimate of drug-likeness (QED) is 0.768. The summed E-state index contributed by atoms with van der Waals surface area (Å²) in [4.78, 5) is 30.3. The largest absolute Gasteiger partial charge is 0.345 e. The van der Waals surface area contributed by atoms with E-state index in [-0.39, 0.29) is 17.9 Å². The average Bonchev–Trinajstić information content (AvgIpc) is 3.01. The van der Waals surface area contributed by atoms with Gasteiger partial charge in [-0.2, -0.15) is 5.10 Å². The van der Waals surface area contributed by atoms with Gasteiger partial charge >= 0.3 is 0 Å². The van der Waals surface area contributed by atoms with Crippen molar-refractivity contribution in [2.45, 2.75) is 19.8 Å².